The van der Waals surface area contributed by atoms with Crippen molar-refractivity contribution in [1.82, 2.24) is 5.32 Å². The minimum atomic E-state index is -0.536. The minimum absolute atomic E-state index is 0.0531. The molecule has 1 heterocycles. The van der Waals surface area contributed by atoms with Gasteiger partial charge in [0, 0.05) is 30.1 Å². The molecule has 0 atom stereocenters. The number of esters is 1. The Morgan fingerprint density at radius 2 is 1.82 bits per heavy atom. The van der Waals surface area contributed by atoms with Crippen molar-refractivity contribution in [1.29, 1.82) is 0 Å². The summed E-state index contributed by atoms with van der Waals surface area (Å²) in [6.45, 7) is 5.57. The number of carbonyl (C=O) groups excluding carboxylic acids is 3. The number of nitrogens with one attached hydrogen (secondary N) is 1. The van der Waals surface area contributed by atoms with Gasteiger partial charge in [0.1, 0.15) is 0 Å². The second-order valence-corrected chi connectivity index (χ2v) is 8.81. The SMILES string of the molecule is CN(C)c1cccc(C(=O)OCC(=O)c2ccc(CNC(=O)C(C)(C)C)s2)c1. The molecule has 0 unspecified atom stereocenters. The van der Waals surface area contributed by atoms with Crippen LogP contribution in [0.3, 0.4) is 0 Å². The molecule has 150 valence electrons. The van der Waals surface area contributed by atoms with E-state index < -0.39 is 11.4 Å². The first kappa shape index (κ1) is 21.6. The lowest BCUT2D eigenvalue weighted by Crippen LogP contribution is -2.34. The van der Waals surface area contributed by atoms with E-state index in [9.17, 15) is 14.4 Å². The van der Waals surface area contributed by atoms with Gasteiger partial charge in [0.15, 0.2) is 6.61 Å². The minimum Gasteiger partial charge on any atom is -0.454 e. The van der Waals surface area contributed by atoms with Crippen LogP contribution in [0.1, 0.15) is 45.7 Å². The topological polar surface area (TPSA) is 75.7 Å². The van der Waals surface area contributed by atoms with Crippen LogP contribution in [0, 0.1) is 5.41 Å². The fourth-order valence-electron chi connectivity index (χ4n) is 2.25. The molecular formula is C21H26N2O4S. The third kappa shape index (κ3) is 5.92. The van der Waals surface area contributed by atoms with Gasteiger partial charge >= 0.3 is 5.97 Å². The quantitative estimate of drug-likeness (QED) is 0.567. The molecule has 0 saturated heterocycles. The van der Waals surface area contributed by atoms with Crippen molar-refractivity contribution in [3.05, 3.63) is 51.7 Å². The van der Waals surface area contributed by atoms with E-state index in [0.29, 0.717) is 17.0 Å². The number of Topliss-reactive ketones (excluding diaryl/α,β-unsaturated/α-hetero) is 1. The lowest BCUT2D eigenvalue weighted by Gasteiger charge is -2.17. The molecular weight excluding hydrogens is 376 g/mol. The van der Waals surface area contributed by atoms with Crippen LogP contribution in [0.15, 0.2) is 36.4 Å². The molecule has 1 aromatic heterocycles. The van der Waals surface area contributed by atoms with E-state index in [1.807, 2.05) is 45.8 Å². The molecule has 7 heteroatoms. The Bertz CT molecular complexity index is 865. The highest BCUT2D eigenvalue weighted by Crippen LogP contribution is 2.19. The molecule has 2 aromatic rings. The van der Waals surface area contributed by atoms with Crippen molar-refractivity contribution in [2.24, 2.45) is 5.41 Å². The van der Waals surface area contributed by atoms with Gasteiger partial charge in [0.25, 0.3) is 0 Å². The van der Waals surface area contributed by atoms with Gasteiger partial charge in [-0.2, -0.15) is 0 Å². The molecule has 0 fully saturated rings. The number of hydrogen-bond acceptors (Lipinski definition) is 6. The average molecular weight is 403 g/mol. The molecule has 28 heavy (non-hydrogen) atoms. The van der Waals surface area contributed by atoms with Gasteiger partial charge in [0.05, 0.1) is 17.0 Å². The lowest BCUT2D eigenvalue weighted by molar-refractivity contribution is -0.128. The molecule has 2 rings (SSSR count). The van der Waals surface area contributed by atoms with E-state index in [0.717, 1.165) is 10.6 Å². The average Bonchev–Trinajstić information content (AvgIpc) is 3.12. The van der Waals surface area contributed by atoms with E-state index in [1.54, 1.807) is 30.3 Å². The highest BCUT2D eigenvalue weighted by molar-refractivity contribution is 7.14. The Labute approximate surface area is 169 Å². The van der Waals surface area contributed by atoms with Crippen molar-refractivity contribution in [2.45, 2.75) is 27.3 Å². The highest BCUT2D eigenvalue weighted by atomic mass is 32.1. The summed E-state index contributed by atoms with van der Waals surface area (Å²) < 4.78 is 5.16. The summed E-state index contributed by atoms with van der Waals surface area (Å²) in [5.41, 5.74) is 0.810. The number of ketones is 1. The number of hydrogen-bond donors (Lipinski definition) is 1. The van der Waals surface area contributed by atoms with E-state index in [-0.39, 0.29) is 18.3 Å². The largest absolute Gasteiger partial charge is 0.454 e. The van der Waals surface area contributed by atoms with Crippen LogP contribution in [0.5, 0.6) is 0 Å². The Morgan fingerprint density at radius 3 is 2.46 bits per heavy atom. The van der Waals surface area contributed by atoms with E-state index in [4.69, 9.17) is 4.74 Å². The summed E-state index contributed by atoms with van der Waals surface area (Å²) in [5, 5.41) is 2.85. The molecule has 1 N–H and O–H groups in total. The maximum absolute atomic E-state index is 12.3. The fraction of sp³-hybridized carbons (Fsp3) is 0.381. The van der Waals surface area contributed by atoms with Crippen LogP contribution in [-0.2, 0) is 16.1 Å². The Kier molecular flexibility index (Phi) is 6.96. The summed E-state index contributed by atoms with van der Waals surface area (Å²) >= 11 is 1.29. The maximum atomic E-state index is 12.3. The number of benzene rings is 1. The Balaban J connectivity index is 1.90. The number of amides is 1. The van der Waals surface area contributed by atoms with E-state index in [2.05, 4.69) is 5.32 Å². The number of carbonyl (C=O) groups is 3. The van der Waals surface area contributed by atoms with E-state index in [1.165, 1.54) is 11.3 Å². The maximum Gasteiger partial charge on any atom is 0.338 e. The number of rotatable bonds is 7. The first-order valence-corrected chi connectivity index (χ1v) is 9.74. The van der Waals surface area contributed by atoms with Gasteiger partial charge < -0.3 is 15.0 Å². The molecule has 0 bridgehead atoms. The van der Waals surface area contributed by atoms with Gasteiger partial charge in [-0.25, -0.2) is 4.79 Å². The summed E-state index contributed by atoms with van der Waals surface area (Å²) in [6.07, 6.45) is 0. The monoisotopic (exact) mass is 402 g/mol. The van der Waals surface area contributed by atoms with Crippen LogP contribution in [0.2, 0.25) is 0 Å². The fourth-order valence-corrected chi connectivity index (χ4v) is 3.12. The Morgan fingerprint density at radius 1 is 1.11 bits per heavy atom. The van der Waals surface area contributed by atoms with Gasteiger partial charge in [-0.1, -0.05) is 26.8 Å². The van der Waals surface area contributed by atoms with Crippen LogP contribution in [0.25, 0.3) is 0 Å². The molecule has 0 aliphatic heterocycles. The second-order valence-electron chi connectivity index (χ2n) is 7.64. The summed E-state index contributed by atoms with van der Waals surface area (Å²) in [5.74, 6) is -0.857. The van der Waals surface area contributed by atoms with Crippen molar-refractivity contribution >= 4 is 34.7 Å². The van der Waals surface area contributed by atoms with Crippen molar-refractivity contribution in [2.75, 3.05) is 25.6 Å². The normalized spacial score (nSPS) is 11.0. The van der Waals surface area contributed by atoms with Crippen molar-refractivity contribution < 1.29 is 19.1 Å². The van der Waals surface area contributed by atoms with Gasteiger partial charge in [-0.05, 0) is 30.3 Å². The molecule has 0 radical (unpaired) electrons. The van der Waals surface area contributed by atoms with E-state index >= 15 is 0 Å². The van der Waals surface area contributed by atoms with Crippen LogP contribution < -0.4 is 10.2 Å². The van der Waals surface area contributed by atoms with Crippen molar-refractivity contribution in [3.63, 3.8) is 0 Å². The third-order valence-electron chi connectivity index (χ3n) is 3.97. The number of ether oxygens (including phenoxy) is 1. The number of nitrogens with zero attached hydrogens (tertiary/aromatic N) is 1. The first-order chi connectivity index (χ1) is 13.1. The number of thiophene rings is 1. The predicted molar refractivity (Wildman–Crippen MR) is 111 cm³/mol. The van der Waals surface area contributed by atoms with Gasteiger partial charge in [0.2, 0.25) is 11.7 Å². The molecule has 0 aliphatic rings. The Hall–Kier alpha value is -2.67. The zero-order chi connectivity index (χ0) is 20.9. The molecule has 6 nitrogen and oxygen atoms in total. The van der Waals surface area contributed by atoms with Crippen LogP contribution >= 0.6 is 11.3 Å². The zero-order valence-corrected chi connectivity index (χ0v) is 17.7. The number of anilines is 1. The predicted octanol–water partition coefficient (Wildman–Crippen LogP) is 3.52. The smallest absolute Gasteiger partial charge is 0.338 e. The lowest BCUT2D eigenvalue weighted by atomic mass is 9.96. The van der Waals surface area contributed by atoms with Gasteiger partial charge in [-0.3, -0.25) is 9.59 Å². The van der Waals surface area contributed by atoms with Gasteiger partial charge in [-0.15, -0.1) is 11.3 Å². The molecule has 1 aromatic carbocycles. The third-order valence-corrected chi connectivity index (χ3v) is 5.10. The highest BCUT2D eigenvalue weighted by Gasteiger charge is 2.21. The summed E-state index contributed by atoms with van der Waals surface area (Å²) in [7, 11) is 3.76. The first-order valence-electron chi connectivity index (χ1n) is 8.92. The molecule has 1 amide bonds. The van der Waals surface area contributed by atoms with Crippen LogP contribution in [-0.4, -0.2) is 38.4 Å². The summed E-state index contributed by atoms with van der Waals surface area (Å²) in [4.78, 5) is 39.7. The van der Waals surface area contributed by atoms with Crippen LogP contribution in [0.4, 0.5) is 5.69 Å². The van der Waals surface area contributed by atoms with Crippen molar-refractivity contribution in [3.8, 4) is 0 Å². The second kappa shape index (κ2) is 9.01. The zero-order valence-electron chi connectivity index (χ0n) is 16.9. The molecule has 0 saturated carbocycles. The molecule has 0 spiro atoms. The molecule has 0 aliphatic carbocycles. The standard InChI is InChI=1S/C21H26N2O4S/c1-21(2,3)20(26)22-12-16-9-10-18(28-16)17(24)13-27-19(25)14-7-6-8-15(11-14)23(4)5/h6-11H,12-13H2,1-5H3,(H,22,26). The summed E-state index contributed by atoms with van der Waals surface area (Å²) in [6, 6.07) is 10.5.